The zero-order valence-electron chi connectivity index (χ0n) is 23.2. The maximum absolute atomic E-state index is 12.3. The van der Waals surface area contributed by atoms with Crippen LogP contribution in [0.25, 0.3) is 28.9 Å². The van der Waals surface area contributed by atoms with Gasteiger partial charge in [0.15, 0.2) is 0 Å². The lowest BCUT2D eigenvalue weighted by Gasteiger charge is -2.07. The van der Waals surface area contributed by atoms with Crippen LogP contribution in [0.1, 0.15) is 23.6 Å². The summed E-state index contributed by atoms with van der Waals surface area (Å²) in [5, 5.41) is 28.5. The van der Waals surface area contributed by atoms with E-state index < -0.39 is 40.6 Å². The molecule has 5 aromatic rings. The van der Waals surface area contributed by atoms with Crippen molar-refractivity contribution in [3.05, 3.63) is 99.6 Å². The molecule has 0 aliphatic carbocycles. The molecule has 0 saturated carbocycles. The highest BCUT2D eigenvalue weighted by atomic mass is 32.2. The minimum atomic E-state index is -4.88. The Kier molecular flexibility index (Phi) is 8.26. The Balaban J connectivity index is 1.56. The zero-order valence-corrected chi connectivity index (χ0v) is 24.8. The lowest BCUT2D eigenvalue weighted by molar-refractivity contribution is -0.385. The molecule has 0 amide bonds. The van der Waals surface area contributed by atoms with Crippen LogP contribution in [0.2, 0.25) is 0 Å². The lowest BCUT2D eigenvalue weighted by atomic mass is 10.1. The SMILES string of the molecule is CCc1cc2nn(-c3ccccc3)nc2c(N=Nc2ccc(/C=C/c3ccc([N+](=O)[O-])cc3S(=O)(=O)O)c(S(=O)(=O)O)c2)c1N. The number of aryl methyl sites for hydroxylation is 1. The molecule has 1 heterocycles. The van der Waals surface area contributed by atoms with Gasteiger partial charge in [-0.3, -0.25) is 19.2 Å². The molecule has 0 spiro atoms. The number of azo groups is 1. The minimum Gasteiger partial charge on any atom is -0.397 e. The Morgan fingerprint density at radius 2 is 1.51 bits per heavy atom. The van der Waals surface area contributed by atoms with E-state index in [2.05, 4.69) is 20.4 Å². The van der Waals surface area contributed by atoms with E-state index in [1.807, 2.05) is 37.3 Å². The average Bonchev–Trinajstić information content (AvgIpc) is 3.43. The summed E-state index contributed by atoms with van der Waals surface area (Å²) in [6.45, 7) is 1.90. The van der Waals surface area contributed by atoms with Crippen LogP contribution in [0.3, 0.4) is 0 Å². The van der Waals surface area contributed by atoms with E-state index in [1.54, 1.807) is 6.07 Å². The predicted molar refractivity (Wildman–Crippen MR) is 165 cm³/mol. The molecule has 45 heavy (non-hydrogen) atoms. The summed E-state index contributed by atoms with van der Waals surface area (Å²) in [7, 11) is -9.72. The van der Waals surface area contributed by atoms with Crippen LogP contribution in [0.4, 0.5) is 22.7 Å². The molecule has 0 saturated heterocycles. The molecule has 0 atom stereocenters. The van der Waals surface area contributed by atoms with Crippen LogP contribution in [0.15, 0.2) is 92.8 Å². The number of non-ortho nitro benzene ring substituents is 1. The molecule has 5 rings (SSSR count). The van der Waals surface area contributed by atoms with Gasteiger partial charge in [0, 0.05) is 12.1 Å². The van der Waals surface area contributed by atoms with Crippen molar-refractivity contribution in [2.75, 3.05) is 5.73 Å². The van der Waals surface area contributed by atoms with Gasteiger partial charge in [0.25, 0.3) is 25.9 Å². The van der Waals surface area contributed by atoms with Gasteiger partial charge < -0.3 is 5.73 Å². The maximum atomic E-state index is 12.3. The van der Waals surface area contributed by atoms with Crippen molar-refractivity contribution in [2.45, 2.75) is 23.1 Å². The normalized spacial score (nSPS) is 12.4. The van der Waals surface area contributed by atoms with Gasteiger partial charge in [-0.1, -0.05) is 43.3 Å². The van der Waals surface area contributed by atoms with Crippen molar-refractivity contribution in [3.63, 3.8) is 0 Å². The number of para-hydroxylation sites is 1. The highest BCUT2D eigenvalue weighted by molar-refractivity contribution is 7.86. The van der Waals surface area contributed by atoms with Crippen molar-refractivity contribution < 1.29 is 30.9 Å². The molecule has 0 unspecified atom stereocenters. The van der Waals surface area contributed by atoms with Crippen LogP contribution >= 0.6 is 0 Å². The number of fused-ring (bicyclic) bond motifs is 1. The molecule has 0 aliphatic rings. The van der Waals surface area contributed by atoms with Gasteiger partial charge in [-0.25, -0.2) is 0 Å². The summed E-state index contributed by atoms with van der Waals surface area (Å²) in [6, 6.07) is 17.4. The lowest BCUT2D eigenvalue weighted by Crippen LogP contribution is -2.02. The molecular weight excluding hydrogens is 626 g/mol. The number of nitrogens with two attached hydrogens (primary N) is 1. The van der Waals surface area contributed by atoms with Crippen molar-refractivity contribution in [1.29, 1.82) is 0 Å². The van der Waals surface area contributed by atoms with E-state index in [4.69, 9.17) is 5.73 Å². The van der Waals surface area contributed by atoms with Gasteiger partial charge in [0.05, 0.1) is 22.0 Å². The van der Waals surface area contributed by atoms with Gasteiger partial charge in [-0.05, 0) is 59.5 Å². The molecule has 230 valence electrons. The number of nitro groups is 1. The van der Waals surface area contributed by atoms with Crippen LogP contribution in [-0.2, 0) is 26.7 Å². The Labute approximate surface area is 256 Å². The number of rotatable bonds is 9. The van der Waals surface area contributed by atoms with Gasteiger partial charge in [0.1, 0.15) is 26.5 Å². The second kappa shape index (κ2) is 12.0. The van der Waals surface area contributed by atoms with Crippen LogP contribution in [0.5, 0.6) is 0 Å². The first-order chi connectivity index (χ1) is 21.3. The number of aromatic nitrogens is 3. The molecule has 17 heteroatoms. The van der Waals surface area contributed by atoms with E-state index in [1.165, 1.54) is 16.9 Å². The molecule has 0 radical (unpaired) electrons. The zero-order chi connectivity index (χ0) is 32.5. The number of anilines is 1. The standard InChI is InChI=1S/C28H23N7O8S2/c1-2-17-14-23-27(33-34(32-23)21-6-4-3-5-7-21)28(26(17)29)31-30-20-12-10-18(24(15-20)44(38,39)40)8-9-19-11-13-22(35(36)37)16-25(19)45(41,42)43/h3-16H,2,29H2,1H3,(H,38,39,40)(H,41,42,43)/b9-8+,31-30?. The number of benzene rings is 4. The van der Waals surface area contributed by atoms with Gasteiger partial charge >= 0.3 is 0 Å². The Bertz CT molecular complexity index is 2250. The molecule has 15 nitrogen and oxygen atoms in total. The van der Waals surface area contributed by atoms with Crippen LogP contribution in [-0.4, -0.2) is 45.9 Å². The molecule has 1 aromatic heterocycles. The van der Waals surface area contributed by atoms with Crippen molar-refractivity contribution in [2.24, 2.45) is 10.2 Å². The van der Waals surface area contributed by atoms with Crippen LogP contribution in [0, 0.1) is 10.1 Å². The molecule has 4 N–H and O–H groups in total. The molecule has 0 bridgehead atoms. The Morgan fingerprint density at radius 3 is 2.11 bits per heavy atom. The second-order valence-electron chi connectivity index (χ2n) is 9.53. The third kappa shape index (κ3) is 6.60. The van der Waals surface area contributed by atoms with Crippen molar-refractivity contribution >= 4 is 66.2 Å². The minimum absolute atomic E-state index is 0.0126. The summed E-state index contributed by atoms with van der Waals surface area (Å²) >= 11 is 0. The second-order valence-corrected chi connectivity index (χ2v) is 12.3. The summed E-state index contributed by atoms with van der Waals surface area (Å²) in [5.74, 6) is 0. The summed E-state index contributed by atoms with van der Waals surface area (Å²) in [6.07, 6.45) is 2.82. The first kappa shape index (κ1) is 31.1. The largest absolute Gasteiger partial charge is 0.397 e. The quantitative estimate of drug-likeness (QED) is 0.0447. The monoisotopic (exact) mass is 649 g/mol. The molecular formula is C28H23N7O8S2. The fourth-order valence-electron chi connectivity index (χ4n) is 4.41. The number of hydrogen-bond donors (Lipinski definition) is 3. The highest BCUT2D eigenvalue weighted by Crippen LogP contribution is 2.36. The van der Waals surface area contributed by atoms with E-state index in [-0.39, 0.29) is 22.5 Å². The number of hydrogen-bond acceptors (Lipinski definition) is 11. The van der Waals surface area contributed by atoms with E-state index in [0.29, 0.717) is 34.9 Å². The number of nitro benzene ring substituents is 1. The first-order valence-corrected chi connectivity index (χ1v) is 15.9. The summed E-state index contributed by atoms with van der Waals surface area (Å²) in [5.41, 5.74) is 8.37. The molecule has 0 aliphatic heterocycles. The van der Waals surface area contributed by atoms with E-state index >= 15 is 0 Å². The van der Waals surface area contributed by atoms with E-state index in [9.17, 15) is 36.1 Å². The topological polar surface area (TPSA) is 233 Å². The van der Waals surface area contributed by atoms with Gasteiger partial charge in [-0.15, -0.1) is 15.3 Å². The first-order valence-electron chi connectivity index (χ1n) is 13.0. The third-order valence-electron chi connectivity index (χ3n) is 6.61. The third-order valence-corrected chi connectivity index (χ3v) is 8.43. The predicted octanol–water partition coefficient (Wildman–Crippen LogP) is 5.55. The van der Waals surface area contributed by atoms with Gasteiger partial charge in [-0.2, -0.15) is 26.7 Å². The fraction of sp³-hybridized carbons (Fsp3) is 0.0714. The smallest absolute Gasteiger partial charge is 0.295 e. The highest BCUT2D eigenvalue weighted by Gasteiger charge is 2.20. The molecule has 4 aromatic carbocycles. The Morgan fingerprint density at radius 1 is 0.889 bits per heavy atom. The van der Waals surface area contributed by atoms with Crippen LogP contribution < -0.4 is 5.73 Å². The average molecular weight is 650 g/mol. The number of nitrogens with zero attached hydrogens (tertiary/aromatic N) is 6. The maximum Gasteiger partial charge on any atom is 0.295 e. The van der Waals surface area contributed by atoms with Gasteiger partial charge in [0.2, 0.25) is 0 Å². The summed E-state index contributed by atoms with van der Waals surface area (Å²) < 4.78 is 67.8. The van der Waals surface area contributed by atoms with Crippen molar-refractivity contribution in [1.82, 2.24) is 15.0 Å². The fourth-order valence-corrected chi connectivity index (χ4v) is 5.82. The molecule has 0 fully saturated rings. The Hall–Kier alpha value is -5.36. The number of nitrogen functional groups attached to an aromatic ring is 1. The van der Waals surface area contributed by atoms with Crippen molar-refractivity contribution in [3.8, 4) is 5.69 Å². The van der Waals surface area contributed by atoms with E-state index in [0.717, 1.165) is 35.9 Å². The summed E-state index contributed by atoms with van der Waals surface area (Å²) in [4.78, 5) is 10.3.